The van der Waals surface area contributed by atoms with E-state index in [0.29, 0.717) is 22.1 Å². The fourth-order valence-corrected chi connectivity index (χ4v) is 1.88. The van der Waals surface area contributed by atoms with Gasteiger partial charge in [0.1, 0.15) is 6.07 Å². The van der Waals surface area contributed by atoms with Crippen molar-refractivity contribution in [3.8, 4) is 6.07 Å². The van der Waals surface area contributed by atoms with Crippen molar-refractivity contribution in [3.05, 3.63) is 28.2 Å². The number of carboxylic acids is 1. The molecular weight excluding hydrogens is 296 g/mol. The second-order valence-corrected chi connectivity index (χ2v) is 5.20. The number of rotatable bonds is 5. The van der Waals surface area contributed by atoms with E-state index in [0.717, 1.165) is 0 Å². The number of benzene rings is 1. The zero-order chi connectivity index (χ0) is 13.8. The zero-order valence-corrected chi connectivity index (χ0v) is 11.9. The van der Waals surface area contributed by atoms with Crippen molar-refractivity contribution in [1.29, 1.82) is 5.26 Å². The summed E-state index contributed by atoms with van der Waals surface area (Å²) >= 11 is 3.29. The molecule has 0 fully saturated rings. The first-order valence-electron chi connectivity index (χ1n) is 5.60. The van der Waals surface area contributed by atoms with Crippen molar-refractivity contribution < 1.29 is 9.90 Å². The van der Waals surface area contributed by atoms with E-state index in [1.54, 1.807) is 25.1 Å². The van der Waals surface area contributed by atoms with E-state index in [1.807, 2.05) is 6.92 Å². The van der Waals surface area contributed by atoms with Gasteiger partial charge in [0.15, 0.2) is 0 Å². The number of carbonyl (C=O) groups is 1. The second-order valence-electron chi connectivity index (χ2n) is 4.35. The minimum Gasteiger partial charge on any atom is -0.481 e. The van der Waals surface area contributed by atoms with Crippen LogP contribution in [0.5, 0.6) is 0 Å². The van der Waals surface area contributed by atoms with Crippen molar-refractivity contribution in [3.63, 3.8) is 0 Å². The van der Waals surface area contributed by atoms with Crippen LogP contribution in [0.3, 0.4) is 0 Å². The number of nitrogens with zero attached hydrogens (tertiary/aromatic N) is 1. The Bertz CT molecular complexity index is 496. The molecule has 5 heteroatoms. The Balaban J connectivity index is 2.91. The van der Waals surface area contributed by atoms with Gasteiger partial charge in [-0.05, 0) is 41.4 Å². The van der Waals surface area contributed by atoms with E-state index in [9.17, 15) is 9.90 Å². The predicted molar refractivity (Wildman–Crippen MR) is 73.4 cm³/mol. The Labute approximate surface area is 115 Å². The number of carboxylic acid groups (broad SMARTS) is 1. The molecule has 0 aliphatic heterocycles. The first-order valence-corrected chi connectivity index (χ1v) is 6.40. The third-order valence-electron chi connectivity index (χ3n) is 3.09. The molecule has 1 atom stereocenters. The predicted octanol–water partition coefficient (Wildman–Crippen LogP) is 3.23. The molecule has 1 aromatic rings. The Kier molecular flexibility index (Phi) is 4.74. The summed E-state index contributed by atoms with van der Waals surface area (Å²) in [5, 5.41) is 21.3. The second kappa shape index (κ2) is 5.87. The molecule has 0 saturated heterocycles. The molecule has 1 rings (SSSR count). The average molecular weight is 311 g/mol. The van der Waals surface area contributed by atoms with Crippen molar-refractivity contribution in [1.82, 2.24) is 0 Å². The van der Waals surface area contributed by atoms with Crippen LogP contribution in [-0.2, 0) is 4.79 Å². The van der Waals surface area contributed by atoms with E-state index in [4.69, 9.17) is 5.26 Å². The van der Waals surface area contributed by atoms with E-state index in [2.05, 4.69) is 27.3 Å². The summed E-state index contributed by atoms with van der Waals surface area (Å²) in [6.07, 6.45) is 0.519. The SMILES string of the molecule is CCC(C)(CNc1cccc(Br)c1C#N)C(=O)O. The third kappa shape index (κ3) is 3.02. The highest BCUT2D eigenvalue weighted by atomic mass is 79.9. The minimum absolute atomic E-state index is 0.282. The van der Waals surface area contributed by atoms with Gasteiger partial charge >= 0.3 is 5.97 Å². The van der Waals surface area contributed by atoms with Gasteiger partial charge < -0.3 is 10.4 Å². The summed E-state index contributed by atoms with van der Waals surface area (Å²) in [5.74, 6) is -0.842. The lowest BCUT2D eigenvalue weighted by Gasteiger charge is -2.24. The van der Waals surface area contributed by atoms with Gasteiger partial charge in [0, 0.05) is 11.0 Å². The summed E-state index contributed by atoms with van der Waals surface area (Å²) < 4.78 is 0.698. The standard InChI is InChI=1S/C13H15BrN2O2/c1-3-13(2,12(17)18)8-16-11-6-4-5-10(14)9(11)7-15/h4-6,16H,3,8H2,1-2H3,(H,17,18). The Morgan fingerprint density at radius 1 is 1.61 bits per heavy atom. The Hall–Kier alpha value is -1.54. The van der Waals surface area contributed by atoms with E-state index >= 15 is 0 Å². The monoisotopic (exact) mass is 310 g/mol. The number of anilines is 1. The lowest BCUT2D eigenvalue weighted by molar-refractivity contribution is -0.147. The highest BCUT2D eigenvalue weighted by Gasteiger charge is 2.30. The molecule has 0 radical (unpaired) electrons. The molecule has 4 nitrogen and oxygen atoms in total. The van der Waals surface area contributed by atoms with Gasteiger partial charge in [-0.15, -0.1) is 0 Å². The Morgan fingerprint density at radius 2 is 2.28 bits per heavy atom. The largest absolute Gasteiger partial charge is 0.481 e. The third-order valence-corrected chi connectivity index (χ3v) is 3.75. The van der Waals surface area contributed by atoms with Gasteiger partial charge in [0.05, 0.1) is 16.7 Å². The molecular formula is C13H15BrN2O2. The van der Waals surface area contributed by atoms with Crippen LogP contribution in [0.4, 0.5) is 5.69 Å². The molecule has 0 aliphatic carbocycles. The van der Waals surface area contributed by atoms with Crippen molar-refractivity contribution in [2.75, 3.05) is 11.9 Å². The maximum Gasteiger partial charge on any atom is 0.311 e. The lowest BCUT2D eigenvalue weighted by Crippen LogP contribution is -2.34. The fraction of sp³-hybridized carbons (Fsp3) is 0.385. The molecule has 96 valence electrons. The molecule has 0 heterocycles. The van der Waals surface area contributed by atoms with Crippen LogP contribution in [0.2, 0.25) is 0 Å². The summed E-state index contributed by atoms with van der Waals surface area (Å²) in [6.45, 7) is 3.80. The first-order chi connectivity index (χ1) is 8.44. The number of nitrogens with one attached hydrogen (secondary N) is 1. The topological polar surface area (TPSA) is 73.1 Å². The first kappa shape index (κ1) is 14.5. The summed E-state index contributed by atoms with van der Waals surface area (Å²) in [4.78, 5) is 11.2. The van der Waals surface area contributed by atoms with Gasteiger partial charge in [-0.3, -0.25) is 4.79 Å². The molecule has 2 N–H and O–H groups in total. The number of aliphatic carboxylic acids is 1. The van der Waals surface area contributed by atoms with Gasteiger partial charge in [-0.25, -0.2) is 0 Å². The van der Waals surface area contributed by atoms with Crippen LogP contribution in [0, 0.1) is 16.7 Å². The van der Waals surface area contributed by atoms with Crippen molar-refractivity contribution >= 4 is 27.6 Å². The normalized spacial score (nSPS) is 13.4. The summed E-state index contributed by atoms with van der Waals surface area (Å²) in [5.41, 5.74) is 0.295. The lowest BCUT2D eigenvalue weighted by atomic mass is 9.87. The molecule has 0 aliphatic rings. The van der Waals surface area contributed by atoms with Gasteiger partial charge in [-0.1, -0.05) is 13.0 Å². The van der Waals surface area contributed by atoms with Crippen molar-refractivity contribution in [2.45, 2.75) is 20.3 Å². The Morgan fingerprint density at radius 3 is 2.78 bits per heavy atom. The summed E-state index contributed by atoms with van der Waals surface area (Å²) in [7, 11) is 0. The number of nitriles is 1. The average Bonchev–Trinajstić information content (AvgIpc) is 2.35. The van der Waals surface area contributed by atoms with E-state index < -0.39 is 11.4 Å². The van der Waals surface area contributed by atoms with E-state index in [1.165, 1.54) is 0 Å². The van der Waals surface area contributed by atoms with E-state index in [-0.39, 0.29) is 6.54 Å². The van der Waals surface area contributed by atoms with Gasteiger partial charge in [0.25, 0.3) is 0 Å². The fourth-order valence-electron chi connectivity index (χ4n) is 1.43. The van der Waals surface area contributed by atoms with Gasteiger partial charge in [0.2, 0.25) is 0 Å². The van der Waals surface area contributed by atoms with Crippen LogP contribution in [0.25, 0.3) is 0 Å². The maximum atomic E-state index is 11.2. The zero-order valence-electron chi connectivity index (χ0n) is 10.3. The molecule has 0 amide bonds. The minimum atomic E-state index is -0.842. The maximum absolute atomic E-state index is 11.2. The van der Waals surface area contributed by atoms with Gasteiger partial charge in [-0.2, -0.15) is 5.26 Å². The quantitative estimate of drug-likeness (QED) is 0.875. The van der Waals surface area contributed by atoms with Crippen LogP contribution >= 0.6 is 15.9 Å². The molecule has 1 aromatic carbocycles. The number of hydrogen-bond acceptors (Lipinski definition) is 3. The number of hydrogen-bond donors (Lipinski definition) is 2. The van der Waals surface area contributed by atoms with Crippen molar-refractivity contribution in [2.24, 2.45) is 5.41 Å². The van der Waals surface area contributed by atoms with Crippen LogP contribution in [-0.4, -0.2) is 17.6 Å². The molecule has 0 spiro atoms. The van der Waals surface area contributed by atoms with Crippen LogP contribution in [0.1, 0.15) is 25.8 Å². The molecule has 0 bridgehead atoms. The summed E-state index contributed by atoms with van der Waals surface area (Å²) in [6, 6.07) is 7.44. The van der Waals surface area contributed by atoms with Crippen LogP contribution in [0.15, 0.2) is 22.7 Å². The number of halogens is 1. The molecule has 18 heavy (non-hydrogen) atoms. The molecule has 0 saturated carbocycles. The highest BCUT2D eigenvalue weighted by molar-refractivity contribution is 9.10. The smallest absolute Gasteiger partial charge is 0.311 e. The highest BCUT2D eigenvalue weighted by Crippen LogP contribution is 2.27. The molecule has 1 unspecified atom stereocenters. The molecule has 0 aromatic heterocycles. The van der Waals surface area contributed by atoms with Crippen LogP contribution < -0.4 is 5.32 Å².